The second kappa shape index (κ2) is 7.66. The highest BCUT2D eigenvalue weighted by atomic mass is 16.6. The second-order valence-electron chi connectivity index (χ2n) is 8.69. The molecule has 1 unspecified atom stereocenters. The molecular formula is C19H33N3O4. The lowest BCUT2D eigenvalue weighted by Crippen LogP contribution is -2.40. The zero-order valence-electron chi connectivity index (χ0n) is 17.0. The lowest BCUT2D eigenvalue weighted by molar-refractivity contribution is -0.132. The van der Waals surface area contributed by atoms with Crippen molar-refractivity contribution in [3.8, 4) is 0 Å². The zero-order chi connectivity index (χ0) is 19.7. The minimum absolute atomic E-state index is 0.167. The first kappa shape index (κ1) is 20.9. The fourth-order valence-corrected chi connectivity index (χ4v) is 3.00. The Bertz CT molecular complexity index is 724. The van der Waals surface area contributed by atoms with E-state index in [1.165, 1.54) is 4.57 Å². The van der Waals surface area contributed by atoms with Crippen molar-refractivity contribution >= 4 is 0 Å². The molecule has 1 N–H and O–H groups in total. The maximum atomic E-state index is 12.7. The molecule has 2 heterocycles. The standard InChI is InChI=1S/C19H33N3O4/c1-8-21-15(20)9-10-22(17(21)23)16-11-13(26-19(5,6)7)14(25-16)12-24-18(2,3)4/h9-10,13-14,16,20H,8,11-12H2,1-7H3/t13?,14-,16-/m1/s1. The van der Waals surface area contributed by atoms with E-state index < -0.39 is 6.23 Å². The van der Waals surface area contributed by atoms with E-state index in [9.17, 15) is 4.79 Å². The van der Waals surface area contributed by atoms with Gasteiger partial charge in [0.1, 0.15) is 17.8 Å². The van der Waals surface area contributed by atoms with E-state index in [4.69, 9.17) is 19.6 Å². The molecule has 7 heteroatoms. The van der Waals surface area contributed by atoms with Gasteiger partial charge in [0.05, 0.1) is 23.9 Å². The van der Waals surface area contributed by atoms with Crippen LogP contribution in [0.5, 0.6) is 0 Å². The monoisotopic (exact) mass is 367 g/mol. The number of rotatable bonds is 5. The van der Waals surface area contributed by atoms with Crippen LogP contribution in [0.3, 0.4) is 0 Å². The molecular weight excluding hydrogens is 334 g/mol. The summed E-state index contributed by atoms with van der Waals surface area (Å²) >= 11 is 0. The van der Waals surface area contributed by atoms with Gasteiger partial charge in [0.15, 0.2) is 0 Å². The van der Waals surface area contributed by atoms with E-state index in [0.29, 0.717) is 19.6 Å². The van der Waals surface area contributed by atoms with Crippen LogP contribution in [0.25, 0.3) is 0 Å². The molecule has 0 spiro atoms. The Kier molecular flexibility index (Phi) is 6.15. The Morgan fingerprint density at radius 1 is 1.23 bits per heavy atom. The fraction of sp³-hybridized carbons (Fsp3) is 0.789. The largest absolute Gasteiger partial charge is 0.373 e. The maximum Gasteiger partial charge on any atom is 0.331 e. The van der Waals surface area contributed by atoms with E-state index in [2.05, 4.69) is 0 Å². The molecule has 0 aliphatic carbocycles. The summed E-state index contributed by atoms with van der Waals surface area (Å²) in [5.74, 6) is 0. The molecule has 0 aromatic carbocycles. The number of nitrogens with zero attached hydrogens (tertiary/aromatic N) is 2. The van der Waals surface area contributed by atoms with E-state index >= 15 is 0 Å². The van der Waals surface area contributed by atoms with Crippen molar-refractivity contribution in [2.45, 2.75) is 91.1 Å². The van der Waals surface area contributed by atoms with Gasteiger partial charge in [-0.1, -0.05) is 0 Å². The number of ether oxygens (including phenoxy) is 3. The van der Waals surface area contributed by atoms with Crippen LogP contribution in [0.2, 0.25) is 0 Å². The molecule has 26 heavy (non-hydrogen) atoms. The molecule has 0 saturated carbocycles. The third-order valence-electron chi connectivity index (χ3n) is 4.13. The van der Waals surface area contributed by atoms with Gasteiger partial charge in [0, 0.05) is 19.2 Å². The molecule has 2 rings (SSSR count). The van der Waals surface area contributed by atoms with Crippen LogP contribution >= 0.6 is 0 Å². The number of hydrogen-bond acceptors (Lipinski definition) is 5. The predicted octanol–water partition coefficient (Wildman–Crippen LogP) is 2.44. The van der Waals surface area contributed by atoms with Crippen LogP contribution < -0.4 is 11.2 Å². The van der Waals surface area contributed by atoms with Gasteiger partial charge in [-0.3, -0.25) is 14.5 Å². The Morgan fingerprint density at radius 3 is 2.42 bits per heavy atom. The van der Waals surface area contributed by atoms with Crippen LogP contribution in [-0.4, -0.2) is 39.2 Å². The molecule has 1 aromatic heterocycles. The molecule has 3 atom stereocenters. The molecule has 0 amide bonds. The first-order valence-corrected chi connectivity index (χ1v) is 9.25. The summed E-state index contributed by atoms with van der Waals surface area (Å²) in [5.41, 5.74) is -0.635. The number of nitrogens with one attached hydrogen (secondary N) is 1. The van der Waals surface area contributed by atoms with Crippen molar-refractivity contribution in [3.05, 3.63) is 28.2 Å². The van der Waals surface area contributed by atoms with Crippen molar-refractivity contribution in [2.75, 3.05) is 6.61 Å². The van der Waals surface area contributed by atoms with Crippen LogP contribution in [0, 0.1) is 5.41 Å². The minimum Gasteiger partial charge on any atom is -0.373 e. The lowest BCUT2D eigenvalue weighted by atomic mass is 10.1. The van der Waals surface area contributed by atoms with Gasteiger partial charge in [-0.2, -0.15) is 0 Å². The van der Waals surface area contributed by atoms with E-state index in [1.54, 1.807) is 16.8 Å². The first-order valence-electron chi connectivity index (χ1n) is 9.25. The van der Waals surface area contributed by atoms with Crippen molar-refractivity contribution in [3.63, 3.8) is 0 Å². The minimum atomic E-state index is -0.429. The van der Waals surface area contributed by atoms with Gasteiger partial charge in [0.25, 0.3) is 0 Å². The van der Waals surface area contributed by atoms with Gasteiger partial charge >= 0.3 is 5.69 Å². The Hall–Kier alpha value is -1.44. The predicted molar refractivity (Wildman–Crippen MR) is 99.1 cm³/mol. The van der Waals surface area contributed by atoms with Crippen molar-refractivity contribution in [1.82, 2.24) is 9.13 Å². The second-order valence-corrected chi connectivity index (χ2v) is 8.69. The smallest absolute Gasteiger partial charge is 0.331 e. The third-order valence-corrected chi connectivity index (χ3v) is 4.13. The molecule has 0 radical (unpaired) electrons. The molecule has 1 aliphatic heterocycles. The van der Waals surface area contributed by atoms with Gasteiger partial charge < -0.3 is 14.2 Å². The maximum absolute atomic E-state index is 12.7. The van der Waals surface area contributed by atoms with E-state index in [-0.39, 0.29) is 34.6 Å². The lowest BCUT2D eigenvalue weighted by Gasteiger charge is -2.29. The fourth-order valence-electron chi connectivity index (χ4n) is 3.00. The quantitative estimate of drug-likeness (QED) is 0.867. The average Bonchev–Trinajstić information content (AvgIpc) is 2.85. The normalized spacial score (nSPS) is 24.2. The van der Waals surface area contributed by atoms with Crippen LogP contribution in [0.15, 0.2) is 17.1 Å². The van der Waals surface area contributed by atoms with Gasteiger partial charge in [0.2, 0.25) is 0 Å². The van der Waals surface area contributed by atoms with Crippen LogP contribution in [0.1, 0.15) is 61.1 Å². The van der Waals surface area contributed by atoms with E-state index in [0.717, 1.165) is 0 Å². The summed E-state index contributed by atoms with van der Waals surface area (Å²) in [7, 11) is 0. The van der Waals surface area contributed by atoms with Gasteiger partial charge in [-0.15, -0.1) is 0 Å². The van der Waals surface area contributed by atoms with E-state index in [1.807, 2.05) is 48.5 Å². The SMILES string of the molecule is CCn1c(=N)ccn([C@H]2CC(OC(C)(C)C)[C@@H](COC(C)(C)C)O2)c1=O. The Labute approximate surface area is 155 Å². The molecule has 1 saturated heterocycles. The summed E-state index contributed by atoms with van der Waals surface area (Å²) in [4.78, 5) is 12.7. The summed E-state index contributed by atoms with van der Waals surface area (Å²) in [5, 5.41) is 7.88. The van der Waals surface area contributed by atoms with Gasteiger partial charge in [-0.25, -0.2) is 4.79 Å². The molecule has 1 fully saturated rings. The Morgan fingerprint density at radius 2 is 1.88 bits per heavy atom. The summed E-state index contributed by atoms with van der Waals surface area (Å²) in [6.45, 7) is 14.7. The topological polar surface area (TPSA) is 78.5 Å². The molecule has 7 nitrogen and oxygen atoms in total. The summed E-state index contributed by atoms with van der Waals surface area (Å²) < 4.78 is 21.2. The first-order chi connectivity index (χ1) is 11.9. The number of hydrogen-bond donors (Lipinski definition) is 1. The van der Waals surface area contributed by atoms with Crippen molar-refractivity contribution in [1.29, 1.82) is 5.41 Å². The molecule has 1 aromatic rings. The third kappa shape index (κ3) is 5.28. The van der Waals surface area contributed by atoms with Crippen LogP contribution in [0.4, 0.5) is 0 Å². The highest BCUT2D eigenvalue weighted by molar-refractivity contribution is 4.90. The molecule has 1 aliphatic rings. The average molecular weight is 367 g/mol. The molecule has 148 valence electrons. The van der Waals surface area contributed by atoms with Crippen molar-refractivity contribution < 1.29 is 14.2 Å². The van der Waals surface area contributed by atoms with Crippen molar-refractivity contribution in [2.24, 2.45) is 0 Å². The summed E-state index contributed by atoms with van der Waals surface area (Å²) in [6.07, 6.45) is 1.34. The van der Waals surface area contributed by atoms with Gasteiger partial charge in [-0.05, 0) is 54.5 Å². The highest BCUT2D eigenvalue weighted by Crippen LogP contribution is 2.33. The Balaban J connectivity index is 2.26. The number of aromatic nitrogens is 2. The molecule has 0 bridgehead atoms. The highest BCUT2D eigenvalue weighted by Gasteiger charge is 2.40. The van der Waals surface area contributed by atoms with Crippen LogP contribution in [-0.2, 0) is 20.8 Å². The zero-order valence-corrected chi connectivity index (χ0v) is 17.0. The summed E-state index contributed by atoms with van der Waals surface area (Å²) in [6, 6.07) is 1.62.